The standard InChI is InChI=1S/C13H22N4O2/c1-2-9-4-3-5-10(8-9)17-11(6-7-14)12(13(18)19)15-16-17/h9-10H,2-8,14H2,1H3,(H,18,19). The summed E-state index contributed by atoms with van der Waals surface area (Å²) < 4.78 is 1.82. The van der Waals surface area contributed by atoms with E-state index >= 15 is 0 Å². The van der Waals surface area contributed by atoms with E-state index in [0.29, 0.717) is 24.6 Å². The molecule has 2 atom stereocenters. The minimum absolute atomic E-state index is 0.0593. The molecule has 1 aromatic rings. The fourth-order valence-corrected chi connectivity index (χ4v) is 3.00. The molecule has 0 spiro atoms. The summed E-state index contributed by atoms with van der Waals surface area (Å²) in [6.07, 6.45) is 6.24. The minimum atomic E-state index is -1.02. The molecule has 1 aliphatic rings. The number of aromatic carboxylic acids is 1. The molecule has 1 heterocycles. The second-order valence-electron chi connectivity index (χ2n) is 5.27. The molecule has 0 saturated heterocycles. The van der Waals surface area contributed by atoms with Gasteiger partial charge in [0.15, 0.2) is 5.69 Å². The summed E-state index contributed by atoms with van der Waals surface area (Å²) in [6, 6.07) is 0.279. The zero-order chi connectivity index (χ0) is 13.8. The van der Waals surface area contributed by atoms with Crippen molar-refractivity contribution >= 4 is 5.97 Å². The summed E-state index contributed by atoms with van der Waals surface area (Å²) in [7, 11) is 0. The van der Waals surface area contributed by atoms with E-state index in [4.69, 9.17) is 10.8 Å². The molecule has 6 nitrogen and oxygen atoms in total. The molecule has 1 fully saturated rings. The van der Waals surface area contributed by atoms with Crippen LogP contribution in [0.4, 0.5) is 0 Å². The van der Waals surface area contributed by atoms with E-state index in [1.165, 1.54) is 19.3 Å². The maximum absolute atomic E-state index is 11.2. The van der Waals surface area contributed by atoms with Gasteiger partial charge in [-0.25, -0.2) is 9.48 Å². The molecule has 19 heavy (non-hydrogen) atoms. The predicted molar refractivity (Wildman–Crippen MR) is 71.0 cm³/mol. The summed E-state index contributed by atoms with van der Waals surface area (Å²) >= 11 is 0. The first-order valence-electron chi connectivity index (χ1n) is 7.04. The number of carbonyl (C=O) groups is 1. The van der Waals surface area contributed by atoms with E-state index in [1.54, 1.807) is 0 Å². The molecule has 106 valence electrons. The lowest BCUT2D eigenvalue weighted by Gasteiger charge is -2.29. The van der Waals surface area contributed by atoms with Crippen LogP contribution in [0.25, 0.3) is 0 Å². The third-order valence-electron chi connectivity index (χ3n) is 4.05. The Hall–Kier alpha value is -1.43. The van der Waals surface area contributed by atoms with Crippen molar-refractivity contribution in [2.45, 2.75) is 51.5 Å². The van der Waals surface area contributed by atoms with Gasteiger partial charge in [0.25, 0.3) is 0 Å². The van der Waals surface area contributed by atoms with Crippen LogP contribution in [0.1, 0.15) is 61.3 Å². The van der Waals surface area contributed by atoms with Gasteiger partial charge in [-0.05, 0) is 25.3 Å². The molecule has 0 radical (unpaired) electrons. The summed E-state index contributed by atoms with van der Waals surface area (Å²) in [5.74, 6) is -0.306. The molecule has 1 aromatic heterocycles. The summed E-state index contributed by atoms with van der Waals surface area (Å²) in [5.41, 5.74) is 6.32. The topological polar surface area (TPSA) is 94.0 Å². The van der Waals surface area contributed by atoms with Gasteiger partial charge in [0.2, 0.25) is 0 Å². The van der Waals surface area contributed by atoms with Crippen molar-refractivity contribution in [2.75, 3.05) is 6.54 Å². The highest BCUT2D eigenvalue weighted by Crippen LogP contribution is 2.34. The van der Waals surface area contributed by atoms with Crippen LogP contribution >= 0.6 is 0 Å². The van der Waals surface area contributed by atoms with Gasteiger partial charge < -0.3 is 10.8 Å². The van der Waals surface area contributed by atoms with Crippen LogP contribution in [0.5, 0.6) is 0 Å². The lowest BCUT2D eigenvalue weighted by molar-refractivity contribution is 0.0689. The average molecular weight is 266 g/mol. The van der Waals surface area contributed by atoms with Crippen LogP contribution in [-0.4, -0.2) is 32.6 Å². The summed E-state index contributed by atoms with van der Waals surface area (Å²) in [6.45, 7) is 2.62. The SMILES string of the molecule is CCC1CCCC(n2nnc(C(=O)O)c2CCN)C1. The number of nitrogens with zero attached hydrogens (tertiary/aromatic N) is 3. The van der Waals surface area contributed by atoms with Crippen LogP contribution in [-0.2, 0) is 6.42 Å². The first kappa shape index (κ1) is 14.0. The zero-order valence-electron chi connectivity index (χ0n) is 11.4. The number of rotatable bonds is 5. The maximum atomic E-state index is 11.2. The first-order valence-corrected chi connectivity index (χ1v) is 7.04. The van der Waals surface area contributed by atoms with Gasteiger partial charge in [0.05, 0.1) is 11.7 Å². The van der Waals surface area contributed by atoms with Crippen molar-refractivity contribution < 1.29 is 9.90 Å². The molecule has 3 N–H and O–H groups in total. The van der Waals surface area contributed by atoms with Crippen molar-refractivity contribution in [3.63, 3.8) is 0 Å². The maximum Gasteiger partial charge on any atom is 0.358 e. The van der Waals surface area contributed by atoms with E-state index in [-0.39, 0.29) is 11.7 Å². The highest BCUT2D eigenvalue weighted by molar-refractivity contribution is 5.86. The summed E-state index contributed by atoms with van der Waals surface area (Å²) in [5, 5.41) is 17.0. The van der Waals surface area contributed by atoms with Crippen molar-refractivity contribution in [3.05, 3.63) is 11.4 Å². The van der Waals surface area contributed by atoms with Gasteiger partial charge in [-0.3, -0.25) is 0 Å². The summed E-state index contributed by atoms with van der Waals surface area (Å²) in [4.78, 5) is 11.2. The van der Waals surface area contributed by atoms with Gasteiger partial charge in [0, 0.05) is 6.42 Å². The smallest absolute Gasteiger partial charge is 0.358 e. The van der Waals surface area contributed by atoms with Crippen LogP contribution in [0.3, 0.4) is 0 Å². The second kappa shape index (κ2) is 6.14. The largest absolute Gasteiger partial charge is 0.476 e. The quantitative estimate of drug-likeness (QED) is 0.844. The van der Waals surface area contributed by atoms with Crippen LogP contribution < -0.4 is 5.73 Å². The first-order chi connectivity index (χ1) is 9.17. The molecule has 0 amide bonds. The van der Waals surface area contributed by atoms with E-state index in [0.717, 1.165) is 12.8 Å². The predicted octanol–water partition coefficient (Wildman–Crippen LogP) is 1.62. The molecule has 0 aromatic carbocycles. The highest BCUT2D eigenvalue weighted by Gasteiger charge is 2.27. The van der Waals surface area contributed by atoms with Crippen molar-refractivity contribution in [3.8, 4) is 0 Å². The van der Waals surface area contributed by atoms with Gasteiger partial charge in [-0.15, -0.1) is 5.10 Å². The van der Waals surface area contributed by atoms with Crippen LogP contribution in [0, 0.1) is 5.92 Å². The lowest BCUT2D eigenvalue weighted by atomic mass is 9.84. The molecule has 6 heteroatoms. The molecule has 1 saturated carbocycles. The Bertz CT molecular complexity index is 444. The Morgan fingerprint density at radius 2 is 2.32 bits per heavy atom. The van der Waals surface area contributed by atoms with Gasteiger partial charge in [-0.1, -0.05) is 31.4 Å². The van der Waals surface area contributed by atoms with E-state index in [9.17, 15) is 4.79 Å². The number of carboxylic acid groups (broad SMARTS) is 1. The number of hydrogen-bond donors (Lipinski definition) is 2. The highest BCUT2D eigenvalue weighted by atomic mass is 16.4. The van der Waals surface area contributed by atoms with Crippen molar-refractivity contribution in [1.29, 1.82) is 0 Å². The van der Waals surface area contributed by atoms with Crippen LogP contribution in [0.2, 0.25) is 0 Å². The van der Waals surface area contributed by atoms with Gasteiger partial charge in [0.1, 0.15) is 0 Å². The zero-order valence-corrected chi connectivity index (χ0v) is 11.4. The number of aromatic nitrogens is 3. The number of hydrogen-bond acceptors (Lipinski definition) is 4. The third-order valence-corrected chi connectivity index (χ3v) is 4.05. The molecule has 2 unspecified atom stereocenters. The van der Waals surface area contributed by atoms with Gasteiger partial charge in [-0.2, -0.15) is 0 Å². The molecular formula is C13H22N4O2. The normalized spacial score (nSPS) is 23.5. The third kappa shape index (κ3) is 2.94. The Balaban J connectivity index is 2.25. The van der Waals surface area contributed by atoms with Crippen molar-refractivity contribution in [2.24, 2.45) is 11.7 Å². The van der Waals surface area contributed by atoms with E-state index in [1.807, 2.05) is 4.68 Å². The molecule has 0 aliphatic heterocycles. The molecular weight excluding hydrogens is 244 g/mol. The number of nitrogens with two attached hydrogens (primary N) is 1. The van der Waals surface area contributed by atoms with E-state index < -0.39 is 5.97 Å². The Morgan fingerprint density at radius 1 is 1.53 bits per heavy atom. The molecule has 1 aliphatic carbocycles. The average Bonchev–Trinajstić information content (AvgIpc) is 2.83. The molecule has 2 rings (SSSR count). The second-order valence-corrected chi connectivity index (χ2v) is 5.27. The van der Waals surface area contributed by atoms with Gasteiger partial charge >= 0.3 is 5.97 Å². The molecule has 0 bridgehead atoms. The monoisotopic (exact) mass is 266 g/mol. The fourth-order valence-electron chi connectivity index (χ4n) is 3.00. The lowest BCUT2D eigenvalue weighted by Crippen LogP contribution is -2.23. The Labute approximate surface area is 113 Å². The Morgan fingerprint density at radius 3 is 2.95 bits per heavy atom. The van der Waals surface area contributed by atoms with Crippen LogP contribution in [0.15, 0.2) is 0 Å². The van der Waals surface area contributed by atoms with Crippen molar-refractivity contribution in [1.82, 2.24) is 15.0 Å². The minimum Gasteiger partial charge on any atom is -0.476 e. The Kier molecular flexibility index (Phi) is 4.52. The number of carboxylic acids is 1. The van der Waals surface area contributed by atoms with E-state index in [2.05, 4.69) is 17.2 Å². The fraction of sp³-hybridized carbons (Fsp3) is 0.769.